The van der Waals surface area contributed by atoms with Crippen LogP contribution in [-0.4, -0.2) is 53.2 Å². The average Bonchev–Trinajstić information content (AvgIpc) is 3.42. The number of nitrogens with one attached hydrogen (secondary N) is 2. The normalized spacial score (nSPS) is 17.4. The fraction of sp³-hybridized carbons (Fsp3) is 0.333. The first-order chi connectivity index (χ1) is 15.0. The summed E-state index contributed by atoms with van der Waals surface area (Å²) in [6.07, 6.45) is -0.197. The Kier molecular flexibility index (Phi) is 4.61. The predicted octanol–water partition coefficient (Wildman–Crippen LogP) is 2.44. The van der Waals surface area contributed by atoms with Crippen LogP contribution in [0.5, 0.6) is 5.75 Å². The lowest BCUT2D eigenvalue weighted by Crippen LogP contribution is -2.33. The van der Waals surface area contributed by atoms with Crippen LogP contribution in [0.1, 0.15) is 18.2 Å². The number of nitrogens with zero attached hydrogens (tertiary/aromatic N) is 3. The topological polar surface area (TPSA) is 123 Å². The lowest BCUT2D eigenvalue weighted by atomic mass is 10.0. The van der Waals surface area contributed by atoms with E-state index in [1.54, 1.807) is 0 Å². The van der Waals surface area contributed by atoms with Gasteiger partial charge >= 0.3 is 6.09 Å². The highest BCUT2D eigenvalue weighted by Gasteiger charge is 2.33. The zero-order valence-corrected chi connectivity index (χ0v) is 17.1. The molecule has 0 aliphatic carbocycles. The van der Waals surface area contributed by atoms with Gasteiger partial charge < -0.3 is 19.3 Å². The molecule has 1 aromatic carbocycles. The monoisotopic (exact) mass is 423 g/mol. The van der Waals surface area contributed by atoms with Crippen LogP contribution in [0, 0.1) is 6.92 Å². The van der Waals surface area contributed by atoms with E-state index in [1.165, 1.54) is 11.8 Å². The van der Waals surface area contributed by atoms with E-state index in [1.807, 2.05) is 31.2 Å². The number of hydrogen-bond donors (Lipinski definition) is 2. The first-order valence-corrected chi connectivity index (χ1v) is 10.0. The number of aromatic nitrogens is 3. The first-order valence-electron chi connectivity index (χ1n) is 10.0. The van der Waals surface area contributed by atoms with Gasteiger partial charge in [0.25, 0.3) is 0 Å². The number of fused-ring (bicyclic) bond motifs is 3. The van der Waals surface area contributed by atoms with Crippen LogP contribution in [0.15, 0.2) is 28.8 Å². The third-order valence-corrected chi connectivity index (χ3v) is 5.35. The SMILES string of the molecule is CC(=O)NC[C@H]1CN(c2ccc3c(c2)OCCc2c-3n[nH]c2-c2cc(C)on2)C(=O)O1. The number of cyclic esters (lactones) is 1. The van der Waals surface area contributed by atoms with Gasteiger partial charge in [-0.3, -0.25) is 14.8 Å². The number of carbonyl (C=O) groups excluding carboxylic acids is 2. The number of amides is 2. The number of anilines is 1. The molecule has 3 aromatic rings. The molecule has 0 spiro atoms. The van der Waals surface area contributed by atoms with E-state index in [0.29, 0.717) is 36.7 Å². The van der Waals surface area contributed by atoms with Gasteiger partial charge in [0.1, 0.15) is 23.3 Å². The Balaban J connectivity index is 1.43. The Morgan fingerprint density at radius 2 is 2.23 bits per heavy atom. The number of aromatic amines is 1. The average molecular weight is 423 g/mol. The molecule has 31 heavy (non-hydrogen) atoms. The third kappa shape index (κ3) is 3.49. The van der Waals surface area contributed by atoms with Crippen molar-refractivity contribution < 1.29 is 23.6 Å². The minimum Gasteiger partial charge on any atom is -0.492 e. The van der Waals surface area contributed by atoms with Crippen molar-refractivity contribution in [3.8, 4) is 28.4 Å². The molecule has 2 amide bonds. The number of carbonyl (C=O) groups is 2. The van der Waals surface area contributed by atoms with Gasteiger partial charge in [-0.2, -0.15) is 5.10 Å². The van der Waals surface area contributed by atoms with Crippen molar-refractivity contribution in [3.05, 3.63) is 35.6 Å². The quantitative estimate of drug-likeness (QED) is 0.661. The second-order valence-corrected chi connectivity index (χ2v) is 7.58. The van der Waals surface area contributed by atoms with Crippen LogP contribution < -0.4 is 15.0 Å². The summed E-state index contributed by atoms with van der Waals surface area (Å²) < 4.78 is 16.5. The maximum absolute atomic E-state index is 12.3. The molecular formula is C21H21N5O5. The lowest BCUT2D eigenvalue weighted by molar-refractivity contribution is -0.119. The molecule has 2 aliphatic heterocycles. The van der Waals surface area contributed by atoms with Crippen molar-refractivity contribution >= 4 is 17.7 Å². The van der Waals surface area contributed by atoms with E-state index in [-0.39, 0.29) is 12.5 Å². The second-order valence-electron chi connectivity index (χ2n) is 7.58. The summed E-state index contributed by atoms with van der Waals surface area (Å²) in [5.74, 6) is 1.20. The fourth-order valence-electron chi connectivity index (χ4n) is 3.88. The molecule has 2 aromatic heterocycles. The van der Waals surface area contributed by atoms with Gasteiger partial charge in [-0.15, -0.1) is 0 Å². The third-order valence-electron chi connectivity index (χ3n) is 5.35. The molecule has 0 bridgehead atoms. The van der Waals surface area contributed by atoms with Crippen molar-refractivity contribution in [1.82, 2.24) is 20.7 Å². The van der Waals surface area contributed by atoms with Crippen LogP contribution >= 0.6 is 0 Å². The van der Waals surface area contributed by atoms with E-state index in [4.69, 9.17) is 14.0 Å². The van der Waals surface area contributed by atoms with Crippen molar-refractivity contribution in [1.29, 1.82) is 0 Å². The number of benzene rings is 1. The molecule has 1 saturated heterocycles. The number of H-pyrrole nitrogens is 1. The Bertz CT molecular complexity index is 1170. The van der Waals surface area contributed by atoms with Crippen molar-refractivity contribution in [2.45, 2.75) is 26.4 Å². The molecule has 10 heteroatoms. The molecule has 0 unspecified atom stereocenters. The van der Waals surface area contributed by atoms with Crippen molar-refractivity contribution in [2.75, 3.05) is 24.6 Å². The molecule has 2 N–H and O–H groups in total. The van der Waals surface area contributed by atoms with E-state index in [9.17, 15) is 9.59 Å². The summed E-state index contributed by atoms with van der Waals surface area (Å²) >= 11 is 0. The van der Waals surface area contributed by atoms with Crippen molar-refractivity contribution in [3.63, 3.8) is 0 Å². The van der Waals surface area contributed by atoms with Gasteiger partial charge in [-0.1, -0.05) is 5.16 Å². The second kappa shape index (κ2) is 7.46. The largest absolute Gasteiger partial charge is 0.492 e. The highest BCUT2D eigenvalue weighted by molar-refractivity contribution is 5.91. The molecule has 160 valence electrons. The molecule has 5 rings (SSSR count). The Labute approximate surface area is 177 Å². The van der Waals surface area contributed by atoms with Crippen LogP contribution in [0.3, 0.4) is 0 Å². The summed E-state index contributed by atoms with van der Waals surface area (Å²) in [7, 11) is 0. The number of ether oxygens (including phenoxy) is 2. The Morgan fingerprint density at radius 3 is 3.00 bits per heavy atom. The zero-order valence-electron chi connectivity index (χ0n) is 17.1. The summed E-state index contributed by atoms with van der Waals surface area (Å²) in [6.45, 7) is 4.36. The molecule has 1 fully saturated rings. The Hall–Kier alpha value is -3.82. The van der Waals surface area contributed by atoms with E-state index in [2.05, 4.69) is 20.7 Å². The van der Waals surface area contributed by atoms with E-state index in [0.717, 1.165) is 28.3 Å². The minimum absolute atomic E-state index is 0.164. The molecule has 0 saturated carbocycles. The maximum Gasteiger partial charge on any atom is 0.414 e. The lowest BCUT2D eigenvalue weighted by Gasteiger charge is -2.16. The maximum atomic E-state index is 12.3. The van der Waals surface area contributed by atoms with E-state index < -0.39 is 12.2 Å². The summed E-state index contributed by atoms with van der Waals surface area (Å²) in [5, 5.41) is 14.3. The number of aryl methyl sites for hydroxylation is 1. The predicted molar refractivity (Wildman–Crippen MR) is 110 cm³/mol. The molecule has 2 aliphatic rings. The molecule has 0 radical (unpaired) electrons. The first kappa shape index (κ1) is 19.2. The van der Waals surface area contributed by atoms with Gasteiger partial charge in [-0.25, -0.2) is 4.79 Å². The highest BCUT2D eigenvalue weighted by atomic mass is 16.6. The minimum atomic E-state index is -0.451. The molecule has 1 atom stereocenters. The van der Waals surface area contributed by atoms with E-state index >= 15 is 0 Å². The van der Waals surface area contributed by atoms with Gasteiger partial charge in [0.2, 0.25) is 5.91 Å². The van der Waals surface area contributed by atoms with Gasteiger partial charge in [0, 0.05) is 36.6 Å². The summed E-state index contributed by atoms with van der Waals surface area (Å²) in [6, 6.07) is 7.41. The van der Waals surface area contributed by atoms with Crippen LogP contribution in [0.2, 0.25) is 0 Å². The standard InChI is InChI=1S/C21H21N5O5/c1-11-7-17(25-31-11)20-16-5-6-29-18-8-13(3-4-15(18)19(16)23-24-20)26-10-14(30-21(26)28)9-22-12(2)27/h3-4,7-8,14H,5-6,9-10H2,1-2H3,(H,22,27)(H,23,24)/t14-/m0/s1. The molecular weight excluding hydrogens is 402 g/mol. The van der Waals surface area contributed by atoms with Crippen LogP contribution in [0.4, 0.5) is 10.5 Å². The number of hydrogen-bond acceptors (Lipinski definition) is 7. The Morgan fingerprint density at radius 1 is 1.35 bits per heavy atom. The summed E-state index contributed by atoms with van der Waals surface area (Å²) in [5.41, 5.74) is 4.83. The van der Waals surface area contributed by atoms with Gasteiger partial charge in [0.05, 0.1) is 36.8 Å². The van der Waals surface area contributed by atoms with Gasteiger partial charge in [0.15, 0.2) is 0 Å². The summed E-state index contributed by atoms with van der Waals surface area (Å²) in [4.78, 5) is 25.0. The smallest absolute Gasteiger partial charge is 0.414 e. The zero-order chi connectivity index (χ0) is 21.5. The highest BCUT2D eigenvalue weighted by Crippen LogP contribution is 2.40. The molecule has 10 nitrogen and oxygen atoms in total. The van der Waals surface area contributed by atoms with Crippen molar-refractivity contribution in [2.24, 2.45) is 0 Å². The van der Waals surface area contributed by atoms with Gasteiger partial charge in [-0.05, 0) is 19.1 Å². The molecule has 4 heterocycles. The fourth-order valence-corrected chi connectivity index (χ4v) is 3.88. The number of rotatable bonds is 4. The van der Waals surface area contributed by atoms with Crippen LogP contribution in [0.25, 0.3) is 22.6 Å². The van der Waals surface area contributed by atoms with Crippen LogP contribution in [-0.2, 0) is 16.0 Å².